The van der Waals surface area contributed by atoms with E-state index in [-0.39, 0.29) is 4.90 Å². The zero-order valence-corrected chi connectivity index (χ0v) is 13.6. The Bertz CT molecular complexity index is 663. The second kappa shape index (κ2) is 6.80. The first-order valence-electron chi connectivity index (χ1n) is 7.75. The van der Waals surface area contributed by atoms with Crippen LogP contribution in [0.15, 0.2) is 23.1 Å². The van der Waals surface area contributed by atoms with Crippen molar-refractivity contribution in [2.75, 3.05) is 39.4 Å². The summed E-state index contributed by atoms with van der Waals surface area (Å²) in [5, 5.41) is 0. The minimum absolute atomic E-state index is 0.200. The van der Waals surface area contributed by atoms with Crippen LogP contribution in [0.25, 0.3) is 0 Å². The molecule has 1 aromatic carbocycles. The molecule has 1 aromatic rings. The molecule has 0 aliphatic carbocycles. The number of hydrogen-bond donors (Lipinski definition) is 0. The molecular weight excluding hydrogens is 326 g/mol. The van der Waals surface area contributed by atoms with Crippen LogP contribution in [-0.4, -0.2) is 63.1 Å². The Morgan fingerprint density at radius 1 is 1.09 bits per heavy atom. The summed E-state index contributed by atoms with van der Waals surface area (Å²) in [6, 6.07) is 3.06. The maximum absolute atomic E-state index is 13.3. The molecule has 2 fully saturated rings. The van der Waals surface area contributed by atoms with Crippen molar-refractivity contribution in [3.63, 3.8) is 0 Å². The summed E-state index contributed by atoms with van der Waals surface area (Å²) in [6.45, 7) is 3.60. The summed E-state index contributed by atoms with van der Waals surface area (Å²) >= 11 is 0. The van der Waals surface area contributed by atoms with Crippen LogP contribution in [-0.2, 0) is 14.8 Å². The van der Waals surface area contributed by atoms with Gasteiger partial charge >= 0.3 is 0 Å². The predicted octanol–water partition coefficient (Wildman–Crippen LogP) is 1.45. The third kappa shape index (κ3) is 3.55. The number of rotatable bonds is 3. The summed E-state index contributed by atoms with van der Waals surface area (Å²) in [7, 11) is -3.80. The summed E-state index contributed by atoms with van der Waals surface area (Å²) in [4.78, 5) is 2.06. The van der Waals surface area contributed by atoms with Gasteiger partial charge in [-0.05, 0) is 37.6 Å². The molecule has 0 radical (unpaired) electrons. The average Bonchev–Trinajstić information content (AvgIpc) is 2.94. The SMILES string of the molecule is O=S(=O)(c1ccc(F)c(F)c1)N1CCCN([C@H]2CCOC2)CC1. The van der Waals surface area contributed by atoms with Crippen molar-refractivity contribution < 1.29 is 21.9 Å². The predicted molar refractivity (Wildman–Crippen MR) is 80.5 cm³/mol. The molecule has 1 atom stereocenters. The normalized spacial score (nSPS) is 24.7. The monoisotopic (exact) mass is 346 g/mol. The second-order valence-electron chi connectivity index (χ2n) is 5.89. The van der Waals surface area contributed by atoms with Gasteiger partial charge in [0, 0.05) is 32.3 Å². The lowest BCUT2D eigenvalue weighted by molar-refractivity contribution is 0.147. The van der Waals surface area contributed by atoms with E-state index in [4.69, 9.17) is 4.74 Å². The molecule has 128 valence electrons. The fourth-order valence-corrected chi connectivity index (χ4v) is 4.60. The van der Waals surface area contributed by atoms with Crippen LogP contribution in [0.4, 0.5) is 8.78 Å². The zero-order valence-electron chi connectivity index (χ0n) is 12.7. The fraction of sp³-hybridized carbons (Fsp3) is 0.600. The average molecular weight is 346 g/mol. The van der Waals surface area contributed by atoms with Crippen molar-refractivity contribution in [2.24, 2.45) is 0 Å². The van der Waals surface area contributed by atoms with Crippen LogP contribution in [0.1, 0.15) is 12.8 Å². The third-order valence-corrected chi connectivity index (χ3v) is 6.33. The van der Waals surface area contributed by atoms with E-state index in [0.717, 1.165) is 37.8 Å². The van der Waals surface area contributed by atoms with Gasteiger partial charge in [-0.25, -0.2) is 17.2 Å². The van der Waals surface area contributed by atoms with E-state index in [9.17, 15) is 17.2 Å². The first kappa shape index (κ1) is 16.8. The highest BCUT2D eigenvalue weighted by molar-refractivity contribution is 7.89. The Morgan fingerprint density at radius 2 is 1.91 bits per heavy atom. The smallest absolute Gasteiger partial charge is 0.243 e. The van der Waals surface area contributed by atoms with Gasteiger partial charge in [0.1, 0.15) is 0 Å². The molecule has 2 aliphatic heterocycles. The van der Waals surface area contributed by atoms with Crippen LogP contribution < -0.4 is 0 Å². The number of halogens is 2. The lowest BCUT2D eigenvalue weighted by atomic mass is 10.2. The minimum Gasteiger partial charge on any atom is -0.380 e. The second-order valence-corrected chi connectivity index (χ2v) is 7.82. The van der Waals surface area contributed by atoms with Crippen molar-refractivity contribution in [2.45, 2.75) is 23.8 Å². The minimum atomic E-state index is -3.80. The topological polar surface area (TPSA) is 49.9 Å². The Hall–Kier alpha value is -1.09. The van der Waals surface area contributed by atoms with Crippen molar-refractivity contribution in [1.82, 2.24) is 9.21 Å². The first-order chi connectivity index (χ1) is 11.0. The third-order valence-electron chi connectivity index (χ3n) is 4.44. The van der Waals surface area contributed by atoms with E-state index in [2.05, 4.69) is 4.90 Å². The van der Waals surface area contributed by atoms with E-state index in [1.165, 1.54) is 4.31 Å². The molecule has 2 aliphatic rings. The van der Waals surface area contributed by atoms with E-state index in [0.29, 0.717) is 38.7 Å². The standard InChI is InChI=1S/C15H20F2N2O3S/c16-14-3-2-13(10-15(14)17)23(20,21)19-6-1-5-18(7-8-19)12-4-9-22-11-12/h2-3,10,12H,1,4-9,11H2/t12-/m0/s1. The Balaban J connectivity index is 1.73. The summed E-state index contributed by atoms with van der Waals surface area (Å²) in [5.74, 6) is -2.20. The molecule has 3 rings (SSSR count). The number of ether oxygens (including phenoxy) is 1. The lowest BCUT2D eigenvalue weighted by Gasteiger charge is -2.26. The van der Waals surface area contributed by atoms with Gasteiger partial charge in [-0.15, -0.1) is 0 Å². The molecule has 8 heteroatoms. The lowest BCUT2D eigenvalue weighted by Crippen LogP contribution is -2.39. The fourth-order valence-electron chi connectivity index (χ4n) is 3.12. The van der Waals surface area contributed by atoms with Crippen LogP contribution >= 0.6 is 0 Å². The molecule has 2 saturated heterocycles. The molecule has 0 bridgehead atoms. The van der Waals surface area contributed by atoms with Gasteiger partial charge in [0.25, 0.3) is 0 Å². The number of nitrogens with zero attached hydrogens (tertiary/aromatic N) is 2. The van der Waals surface area contributed by atoms with Crippen molar-refractivity contribution in [3.8, 4) is 0 Å². The highest BCUT2D eigenvalue weighted by atomic mass is 32.2. The molecule has 5 nitrogen and oxygen atoms in total. The van der Waals surface area contributed by atoms with Gasteiger partial charge in [-0.3, -0.25) is 4.90 Å². The molecule has 0 aromatic heterocycles. The van der Waals surface area contributed by atoms with Crippen molar-refractivity contribution in [1.29, 1.82) is 0 Å². The largest absolute Gasteiger partial charge is 0.380 e. The van der Waals surface area contributed by atoms with Gasteiger partial charge in [-0.2, -0.15) is 4.31 Å². The molecule has 0 saturated carbocycles. The Morgan fingerprint density at radius 3 is 2.61 bits per heavy atom. The molecule has 0 amide bonds. The molecule has 23 heavy (non-hydrogen) atoms. The van der Waals surface area contributed by atoms with Crippen molar-refractivity contribution in [3.05, 3.63) is 29.8 Å². The molecule has 2 heterocycles. The summed E-state index contributed by atoms with van der Waals surface area (Å²) in [6.07, 6.45) is 1.68. The quantitative estimate of drug-likeness (QED) is 0.831. The summed E-state index contributed by atoms with van der Waals surface area (Å²) in [5.41, 5.74) is 0. The first-order valence-corrected chi connectivity index (χ1v) is 9.19. The van der Waals surface area contributed by atoms with Gasteiger partial charge in [0.05, 0.1) is 11.5 Å². The summed E-state index contributed by atoms with van der Waals surface area (Å²) < 4.78 is 58.4. The molecule has 0 spiro atoms. The maximum Gasteiger partial charge on any atom is 0.243 e. The highest BCUT2D eigenvalue weighted by Crippen LogP contribution is 2.21. The Labute approximate surface area is 134 Å². The molecule has 0 N–H and O–H groups in total. The van der Waals surface area contributed by atoms with E-state index in [1.807, 2.05) is 0 Å². The van der Waals surface area contributed by atoms with Gasteiger partial charge < -0.3 is 4.74 Å². The zero-order chi connectivity index (χ0) is 16.4. The number of sulfonamides is 1. The Kier molecular flexibility index (Phi) is 4.96. The van der Waals surface area contributed by atoms with E-state index >= 15 is 0 Å². The van der Waals surface area contributed by atoms with Crippen LogP contribution in [0.2, 0.25) is 0 Å². The molecular formula is C15H20F2N2O3S. The molecule has 0 unspecified atom stereocenters. The maximum atomic E-state index is 13.3. The number of benzene rings is 1. The van der Waals surface area contributed by atoms with Crippen molar-refractivity contribution >= 4 is 10.0 Å². The highest BCUT2D eigenvalue weighted by Gasteiger charge is 2.30. The number of hydrogen-bond acceptors (Lipinski definition) is 4. The van der Waals surface area contributed by atoms with Crippen LogP contribution in [0.3, 0.4) is 0 Å². The van der Waals surface area contributed by atoms with E-state index < -0.39 is 21.7 Å². The van der Waals surface area contributed by atoms with Gasteiger partial charge in [-0.1, -0.05) is 0 Å². The van der Waals surface area contributed by atoms with Gasteiger partial charge in [0.15, 0.2) is 11.6 Å². The van der Waals surface area contributed by atoms with Crippen LogP contribution in [0.5, 0.6) is 0 Å². The van der Waals surface area contributed by atoms with Crippen LogP contribution in [0, 0.1) is 11.6 Å². The van der Waals surface area contributed by atoms with Gasteiger partial charge in [0.2, 0.25) is 10.0 Å². The van der Waals surface area contributed by atoms with E-state index in [1.54, 1.807) is 0 Å².